The summed E-state index contributed by atoms with van der Waals surface area (Å²) in [5.41, 5.74) is 3.19. The second-order valence-corrected chi connectivity index (χ2v) is 11.3. The summed E-state index contributed by atoms with van der Waals surface area (Å²) in [5, 5.41) is 11.5. The molecule has 9 heteroatoms. The van der Waals surface area contributed by atoms with E-state index in [1.807, 2.05) is 24.3 Å². The van der Waals surface area contributed by atoms with Crippen LogP contribution >= 0.6 is 11.9 Å². The number of carbonyl (C=O) groups is 2. The summed E-state index contributed by atoms with van der Waals surface area (Å²) in [6.45, 7) is 1.12. The molecule has 2 aromatic carbocycles. The number of piperidine rings is 1. The van der Waals surface area contributed by atoms with Crippen molar-refractivity contribution >= 4 is 35.5 Å². The van der Waals surface area contributed by atoms with Gasteiger partial charge in [0.1, 0.15) is 11.5 Å². The van der Waals surface area contributed by atoms with Gasteiger partial charge in [0, 0.05) is 61.4 Å². The number of nitrogens with one attached hydrogen (secondary N) is 2. The third kappa shape index (κ3) is 5.61. The lowest BCUT2D eigenvalue weighted by Gasteiger charge is -2.45. The number of nitrogens with zero attached hydrogens (tertiary/aromatic N) is 3. The number of hydrogen-bond donors (Lipinski definition) is 2. The molecule has 2 N–H and O–H groups in total. The number of anilines is 1. The predicted molar refractivity (Wildman–Crippen MR) is 156 cm³/mol. The fourth-order valence-electron chi connectivity index (χ4n) is 5.18. The molecular weight excluding hydrogens is 525 g/mol. The van der Waals surface area contributed by atoms with Crippen molar-refractivity contribution in [3.8, 4) is 0 Å². The number of halogens is 1. The lowest BCUT2D eigenvalue weighted by Crippen LogP contribution is -2.49. The number of pyridine rings is 1. The van der Waals surface area contributed by atoms with Crippen molar-refractivity contribution < 1.29 is 14.0 Å². The summed E-state index contributed by atoms with van der Waals surface area (Å²) in [6.07, 6.45) is 5.86. The van der Waals surface area contributed by atoms with E-state index < -0.39 is 5.41 Å². The second kappa shape index (κ2) is 11.6. The smallest absolute Gasteiger partial charge is 0.253 e. The fourth-order valence-corrected chi connectivity index (χ4v) is 6.26. The number of ketones is 1. The Morgan fingerprint density at radius 1 is 1.12 bits per heavy atom. The molecule has 1 amide bonds. The number of Topliss-reactive ketones (excluding diaryl/α,β-unsaturated/α-hetero) is 1. The molecule has 1 saturated heterocycles. The Labute approximate surface area is 237 Å². The number of fused-ring (bicyclic) bond motifs is 1. The van der Waals surface area contributed by atoms with Gasteiger partial charge in [-0.25, -0.2) is 8.70 Å². The van der Waals surface area contributed by atoms with E-state index in [0.717, 1.165) is 16.2 Å². The molecule has 3 aromatic rings. The van der Waals surface area contributed by atoms with Gasteiger partial charge in [-0.1, -0.05) is 17.7 Å². The summed E-state index contributed by atoms with van der Waals surface area (Å²) in [5.74, 6) is -0.473. The predicted octanol–water partition coefficient (Wildman–Crippen LogP) is 5.85. The molecule has 0 spiro atoms. The van der Waals surface area contributed by atoms with Crippen LogP contribution in [0.1, 0.15) is 33.7 Å². The van der Waals surface area contributed by atoms with Crippen molar-refractivity contribution in [2.24, 2.45) is 5.41 Å². The number of amides is 1. The van der Waals surface area contributed by atoms with E-state index >= 15 is 0 Å². The molecule has 1 aromatic heterocycles. The van der Waals surface area contributed by atoms with Gasteiger partial charge in [0.05, 0.1) is 5.41 Å². The van der Waals surface area contributed by atoms with Crippen LogP contribution in [0.3, 0.4) is 0 Å². The molecule has 2 aliphatic rings. The van der Waals surface area contributed by atoms with Crippen molar-refractivity contribution in [1.29, 1.82) is 5.41 Å². The van der Waals surface area contributed by atoms with E-state index in [1.54, 1.807) is 61.6 Å². The Bertz CT molecular complexity index is 1500. The Morgan fingerprint density at radius 3 is 2.62 bits per heavy atom. The van der Waals surface area contributed by atoms with Crippen LogP contribution in [0.2, 0.25) is 0 Å². The summed E-state index contributed by atoms with van der Waals surface area (Å²) in [6, 6.07) is 18.9. The molecule has 204 valence electrons. The maximum Gasteiger partial charge on any atom is 0.253 e. The molecule has 40 heavy (non-hydrogen) atoms. The summed E-state index contributed by atoms with van der Waals surface area (Å²) in [4.78, 5) is 33.5. The molecule has 1 aliphatic carbocycles. The van der Waals surface area contributed by atoms with Gasteiger partial charge in [0.15, 0.2) is 5.78 Å². The Hall–Kier alpha value is -4.08. The van der Waals surface area contributed by atoms with Crippen LogP contribution < -0.4 is 5.32 Å². The van der Waals surface area contributed by atoms with Crippen LogP contribution in [0.25, 0.3) is 0 Å². The monoisotopic (exact) mass is 555 g/mol. The zero-order valence-corrected chi connectivity index (χ0v) is 23.2. The SMILES string of the molecule is CN(C)C(=O)c1cccc(SN2CCC3=CC(Nc4ccc(F)cc4)=C(C=N)CC3(C(=O)c3ccccn3)C2)c1. The average Bonchev–Trinajstić information content (AvgIpc) is 2.97. The highest BCUT2D eigenvalue weighted by atomic mass is 32.2. The first-order valence-electron chi connectivity index (χ1n) is 13.0. The quantitative estimate of drug-likeness (QED) is 0.206. The van der Waals surface area contributed by atoms with Crippen molar-refractivity contribution in [3.05, 3.63) is 113 Å². The maximum atomic E-state index is 14.2. The fraction of sp³-hybridized carbons (Fsp3) is 0.226. The number of hydrogen-bond acceptors (Lipinski definition) is 7. The molecular formula is C31H30FN5O2S. The van der Waals surface area contributed by atoms with Crippen LogP contribution in [-0.2, 0) is 0 Å². The van der Waals surface area contributed by atoms with E-state index in [1.165, 1.54) is 30.3 Å². The molecule has 1 fully saturated rings. The number of benzene rings is 2. The molecule has 1 aliphatic heterocycles. The van der Waals surface area contributed by atoms with Crippen LogP contribution in [0, 0.1) is 16.6 Å². The topological polar surface area (TPSA) is 89.4 Å². The first-order valence-corrected chi connectivity index (χ1v) is 13.7. The van der Waals surface area contributed by atoms with E-state index in [9.17, 15) is 14.0 Å². The minimum atomic E-state index is -0.905. The van der Waals surface area contributed by atoms with Crippen molar-refractivity contribution in [2.75, 3.05) is 32.5 Å². The van der Waals surface area contributed by atoms with E-state index in [0.29, 0.717) is 48.4 Å². The summed E-state index contributed by atoms with van der Waals surface area (Å²) >= 11 is 1.53. The zero-order valence-electron chi connectivity index (χ0n) is 22.4. The third-order valence-electron chi connectivity index (χ3n) is 7.20. The van der Waals surface area contributed by atoms with Gasteiger partial charge in [-0.3, -0.25) is 14.6 Å². The van der Waals surface area contributed by atoms with Crippen molar-refractivity contribution in [3.63, 3.8) is 0 Å². The molecule has 5 rings (SSSR count). The average molecular weight is 556 g/mol. The van der Waals surface area contributed by atoms with Gasteiger partial charge < -0.3 is 15.6 Å². The summed E-state index contributed by atoms with van der Waals surface area (Å²) < 4.78 is 15.6. The second-order valence-electron chi connectivity index (χ2n) is 10.1. The number of aromatic nitrogens is 1. The number of allylic oxidation sites excluding steroid dienone is 2. The van der Waals surface area contributed by atoms with Gasteiger partial charge in [-0.05, 0) is 91.0 Å². The number of carbonyl (C=O) groups excluding carboxylic acids is 2. The number of rotatable bonds is 8. The highest BCUT2D eigenvalue weighted by molar-refractivity contribution is 7.97. The highest BCUT2D eigenvalue weighted by Gasteiger charge is 2.49. The van der Waals surface area contributed by atoms with Crippen LogP contribution in [0.5, 0.6) is 0 Å². The van der Waals surface area contributed by atoms with Gasteiger partial charge in [-0.2, -0.15) is 0 Å². The molecule has 1 unspecified atom stereocenters. The molecule has 7 nitrogen and oxygen atoms in total. The molecule has 0 saturated carbocycles. The summed E-state index contributed by atoms with van der Waals surface area (Å²) in [7, 11) is 3.45. The normalized spacial score (nSPS) is 18.9. The first-order chi connectivity index (χ1) is 19.3. The van der Waals surface area contributed by atoms with Crippen LogP contribution in [0.4, 0.5) is 10.1 Å². The zero-order chi connectivity index (χ0) is 28.3. The van der Waals surface area contributed by atoms with Crippen LogP contribution in [-0.4, -0.2) is 59.3 Å². The van der Waals surface area contributed by atoms with Crippen molar-refractivity contribution in [1.82, 2.24) is 14.2 Å². The molecule has 2 heterocycles. The molecule has 1 atom stereocenters. The molecule has 0 bridgehead atoms. The van der Waals surface area contributed by atoms with Crippen molar-refractivity contribution in [2.45, 2.75) is 17.7 Å². The van der Waals surface area contributed by atoms with Gasteiger partial charge in [0.25, 0.3) is 5.91 Å². The van der Waals surface area contributed by atoms with Crippen LogP contribution in [0.15, 0.2) is 101 Å². The maximum absolute atomic E-state index is 14.2. The Balaban J connectivity index is 1.48. The van der Waals surface area contributed by atoms with Gasteiger partial charge in [0.2, 0.25) is 0 Å². The third-order valence-corrected chi connectivity index (χ3v) is 8.23. The minimum absolute atomic E-state index is 0.0673. The lowest BCUT2D eigenvalue weighted by atomic mass is 9.65. The Kier molecular flexibility index (Phi) is 7.95. The van der Waals surface area contributed by atoms with E-state index in [2.05, 4.69) is 14.6 Å². The standard InChI is InChI=1S/C31H30FN5O2S/c1-36(2)30(39)21-6-5-7-26(16-21)40-37-15-13-23-17-28(35-25-11-9-24(32)10-12-25)22(19-33)18-31(23,20-37)29(38)27-8-3-4-14-34-27/h3-12,14,16-17,19,33,35H,13,15,18,20H2,1-2H3. The van der Waals surface area contributed by atoms with Gasteiger partial charge in [-0.15, -0.1) is 0 Å². The highest BCUT2D eigenvalue weighted by Crippen LogP contribution is 2.48. The van der Waals surface area contributed by atoms with Gasteiger partial charge >= 0.3 is 0 Å². The largest absolute Gasteiger partial charge is 0.355 e. The van der Waals surface area contributed by atoms with E-state index in [4.69, 9.17) is 5.41 Å². The molecule has 0 radical (unpaired) electrons. The Morgan fingerprint density at radius 2 is 1.93 bits per heavy atom. The first kappa shape index (κ1) is 27.5. The minimum Gasteiger partial charge on any atom is -0.355 e. The van der Waals surface area contributed by atoms with E-state index in [-0.39, 0.29) is 17.5 Å². The lowest BCUT2D eigenvalue weighted by molar-refractivity contribution is 0.0775.